The number of H-pyrrole nitrogens is 1. The van der Waals surface area contributed by atoms with E-state index in [1.807, 2.05) is 6.07 Å². The van der Waals surface area contributed by atoms with Crippen LogP contribution in [0.5, 0.6) is 5.75 Å². The molecule has 0 bridgehead atoms. The molecule has 10 nitrogen and oxygen atoms in total. The molecule has 0 saturated carbocycles. The minimum absolute atomic E-state index is 0.320. The number of ether oxygens (including phenoxy) is 3. The Morgan fingerprint density at radius 3 is 2.67 bits per heavy atom. The molecule has 4 atom stereocenters. The summed E-state index contributed by atoms with van der Waals surface area (Å²) in [6.07, 6.45) is -5.59. The van der Waals surface area contributed by atoms with Gasteiger partial charge in [-0.3, -0.25) is 14.4 Å². The van der Waals surface area contributed by atoms with Crippen molar-refractivity contribution in [3.05, 3.63) is 30.5 Å². The zero-order chi connectivity index (χ0) is 19.6. The van der Waals surface area contributed by atoms with Crippen LogP contribution in [-0.2, 0) is 23.9 Å². The van der Waals surface area contributed by atoms with Gasteiger partial charge < -0.3 is 34.5 Å². The minimum atomic E-state index is -1.75. The molecule has 0 aliphatic carbocycles. The first-order valence-corrected chi connectivity index (χ1v) is 8.02. The number of para-hydroxylation sites is 1. The normalized spacial score (nSPS) is 25.3. The number of benzene rings is 1. The Morgan fingerprint density at radius 2 is 1.93 bits per heavy atom. The van der Waals surface area contributed by atoms with E-state index in [0.29, 0.717) is 11.1 Å². The molecule has 2 aromatic rings. The van der Waals surface area contributed by atoms with Crippen molar-refractivity contribution in [1.82, 2.24) is 4.98 Å². The van der Waals surface area contributed by atoms with E-state index < -0.39 is 55.4 Å². The number of aliphatic hydroxyl groups is 2. The lowest BCUT2D eigenvalue weighted by molar-refractivity contribution is -0.231. The van der Waals surface area contributed by atoms with E-state index >= 15 is 0 Å². The number of aromatic amines is 1. The third kappa shape index (κ3) is 4.08. The lowest BCUT2D eigenvalue weighted by Crippen LogP contribution is -2.58. The predicted octanol–water partition coefficient (Wildman–Crippen LogP) is -0.420. The highest BCUT2D eigenvalue weighted by atomic mass is 16.7. The number of esters is 1. The Balaban J connectivity index is 1.70. The third-order valence-corrected chi connectivity index (χ3v) is 4.00. The molecule has 4 N–H and O–H groups in total. The Morgan fingerprint density at radius 1 is 1.19 bits per heavy atom. The Kier molecular flexibility index (Phi) is 5.40. The number of fused-ring (bicyclic) bond motifs is 1. The number of Topliss-reactive ketones (excluding diaryl/α,β-unsaturated/α-hetero) is 1. The molecule has 0 amide bonds. The van der Waals surface area contributed by atoms with Crippen LogP contribution >= 0.6 is 0 Å². The van der Waals surface area contributed by atoms with Crippen LogP contribution < -0.4 is 4.74 Å². The smallest absolute Gasteiger partial charge is 0.317 e. The number of nitrogens with one attached hydrogen (secondary N) is 1. The summed E-state index contributed by atoms with van der Waals surface area (Å²) in [5, 5.41) is 29.2. The van der Waals surface area contributed by atoms with E-state index in [-0.39, 0.29) is 0 Å². The molecule has 0 radical (unpaired) electrons. The Hall–Kier alpha value is -2.95. The zero-order valence-electron chi connectivity index (χ0n) is 13.9. The fourth-order valence-corrected chi connectivity index (χ4v) is 2.65. The molecule has 1 fully saturated rings. The molecule has 27 heavy (non-hydrogen) atoms. The fraction of sp³-hybridized carbons (Fsp3) is 0.353. The molecule has 10 heteroatoms. The van der Waals surface area contributed by atoms with Crippen molar-refractivity contribution in [2.75, 3.05) is 6.61 Å². The largest absolute Gasteiger partial charge is 0.481 e. The van der Waals surface area contributed by atoms with Gasteiger partial charge in [0, 0.05) is 17.1 Å². The summed E-state index contributed by atoms with van der Waals surface area (Å²) in [5.41, 5.74) is 0.767. The number of aliphatic carboxylic acids is 1. The van der Waals surface area contributed by atoms with E-state index in [0.717, 1.165) is 5.52 Å². The predicted molar refractivity (Wildman–Crippen MR) is 87.8 cm³/mol. The topological polar surface area (TPSA) is 155 Å². The minimum Gasteiger partial charge on any atom is -0.481 e. The Bertz CT molecular complexity index is 861. The lowest BCUT2D eigenvalue weighted by atomic mass is 10.0. The number of carboxylic acid groups (broad SMARTS) is 1. The molecule has 2 heterocycles. The van der Waals surface area contributed by atoms with Gasteiger partial charge in [0.1, 0.15) is 31.0 Å². The van der Waals surface area contributed by atoms with Gasteiger partial charge in [0.05, 0.1) is 0 Å². The van der Waals surface area contributed by atoms with Crippen LogP contribution in [0, 0.1) is 0 Å². The molecule has 1 saturated heterocycles. The molecule has 3 rings (SSSR count). The summed E-state index contributed by atoms with van der Waals surface area (Å²) in [4.78, 5) is 36.8. The summed E-state index contributed by atoms with van der Waals surface area (Å²) in [7, 11) is 0. The molecular weight excluding hydrogens is 362 g/mol. The van der Waals surface area contributed by atoms with Crippen molar-refractivity contribution in [3.63, 3.8) is 0 Å². The van der Waals surface area contributed by atoms with E-state index in [9.17, 15) is 24.6 Å². The number of carbonyl (C=O) groups is 3. The maximum Gasteiger partial charge on any atom is 0.317 e. The third-order valence-electron chi connectivity index (χ3n) is 4.00. The molecule has 1 aliphatic rings. The number of aliphatic hydroxyl groups excluding tert-OH is 2. The summed E-state index contributed by atoms with van der Waals surface area (Å²) < 4.78 is 15.6. The van der Waals surface area contributed by atoms with Crippen LogP contribution in [0.25, 0.3) is 10.9 Å². The van der Waals surface area contributed by atoms with Crippen LogP contribution in [-0.4, -0.2) is 69.2 Å². The van der Waals surface area contributed by atoms with E-state index in [1.54, 1.807) is 18.2 Å². The van der Waals surface area contributed by atoms with Crippen LogP contribution in [0.4, 0.5) is 0 Å². The standard InChI is InChI=1S/C17H17NO9/c19-12(20)5-13(21)25-7-11-14(22)15(23)16(24)17(27-11)26-10-6-18-9-4-2-1-3-8(9)10/h1-4,6,11,14,16-18,22,24H,5,7H2,(H,19,20)/t11-,14-,16+,17-/m1/s1. The number of hydrogen-bond donors (Lipinski definition) is 4. The molecule has 1 aromatic heterocycles. The lowest BCUT2D eigenvalue weighted by Gasteiger charge is -2.35. The molecule has 0 spiro atoms. The van der Waals surface area contributed by atoms with E-state index in [4.69, 9.17) is 19.3 Å². The number of hydrogen-bond acceptors (Lipinski definition) is 8. The number of carbonyl (C=O) groups excluding carboxylic acids is 2. The fourth-order valence-electron chi connectivity index (χ4n) is 2.65. The number of carboxylic acids is 1. The van der Waals surface area contributed by atoms with Crippen LogP contribution in [0.2, 0.25) is 0 Å². The Labute approximate surface area is 152 Å². The van der Waals surface area contributed by atoms with Gasteiger partial charge in [-0.15, -0.1) is 0 Å². The SMILES string of the molecule is O=C(O)CC(=O)OC[C@H]1O[C@@H](Oc2c[nH]c3ccccc23)[C@@H](O)C(=O)[C@@H]1O. The molecule has 0 unspecified atom stereocenters. The molecule has 144 valence electrons. The summed E-state index contributed by atoms with van der Waals surface area (Å²) >= 11 is 0. The summed E-state index contributed by atoms with van der Waals surface area (Å²) in [5.74, 6) is -3.06. The quantitative estimate of drug-likeness (QED) is 0.387. The first kappa shape index (κ1) is 18.8. The summed E-state index contributed by atoms with van der Waals surface area (Å²) in [6.45, 7) is -0.570. The average molecular weight is 379 g/mol. The van der Waals surface area contributed by atoms with Crippen LogP contribution in [0.3, 0.4) is 0 Å². The van der Waals surface area contributed by atoms with Gasteiger partial charge in [-0.2, -0.15) is 0 Å². The number of rotatable bonds is 6. The number of ketones is 1. The maximum atomic E-state index is 12.1. The molecule has 1 aromatic carbocycles. The summed E-state index contributed by atoms with van der Waals surface area (Å²) in [6, 6.07) is 7.16. The van der Waals surface area contributed by atoms with Gasteiger partial charge in [-0.25, -0.2) is 0 Å². The van der Waals surface area contributed by atoms with Gasteiger partial charge in [0.2, 0.25) is 6.29 Å². The highest BCUT2D eigenvalue weighted by Crippen LogP contribution is 2.28. The van der Waals surface area contributed by atoms with Gasteiger partial charge >= 0.3 is 11.9 Å². The zero-order valence-corrected chi connectivity index (χ0v) is 13.9. The van der Waals surface area contributed by atoms with Gasteiger partial charge in [-0.05, 0) is 12.1 Å². The first-order valence-electron chi connectivity index (χ1n) is 8.02. The van der Waals surface area contributed by atoms with Gasteiger partial charge in [0.25, 0.3) is 0 Å². The van der Waals surface area contributed by atoms with Crippen LogP contribution in [0.15, 0.2) is 30.5 Å². The second-order valence-corrected chi connectivity index (χ2v) is 5.90. The van der Waals surface area contributed by atoms with Crippen molar-refractivity contribution in [3.8, 4) is 5.75 Å². The first-order chi connectivity index (χ1) is 12.9. The molecular formula is C17H17NO9. The monoisotopic (exact) mass is 379 g/mol. The van der Waals surface area contributed by atoms with E-state index in [2.05, 4.69) is 4.98 Å². The van der Waals surface area contributed by atoms with Crippen LogP contribution in [0.1, 0.15) is 6.42 Å². The van der Waals surface area contributed by atoms with E-state index in [1.165, 1.54) is 6.20 Å². The van der Waals surface area contributed by atoms with Crippen molar-refractivity contribution >= 4 is 28.6 Å². The second kappa shape index (κ2) is 7.74. The van der Waals surface area contributed by atoms with Gasteiger partial charge in [0.15, 0.2) is 11.9 Å². The van der Waals surface area contributed by atoms with Crippen molar-refractivity contribution in [2.24, 2.45) is 0 Å². The highest BCUT2D eigenvalue weighted by Gasteiger charge is 2.45. The van der Waals surface area contributed by atoms with Crippen molar-refractivity contribution in [2.45, 2.75) is 31.0 Å². The second-order valence-electron chi connectivity index (χ2n) is 5.90. The maximum absolute atomic E-state index is 12.1. The number of aromatic nitrogens is 1. The molecule has 1 aliphatic heterocycles. The van der Waals surface area contributed by atoms with Gasteiger partial charge in [-0.1, -0.05) is 12.1 Å². The highest BCUT2D eigenvalue weighted by molar-refractivity contribution is 5.90. The average Bonchev–Trinajstić information content (AvgIpc) is 3.03. The van der Waals surface area contributed by atoms with Crippen molar-refractivity contribution in [1.29, 1.82) is 0 Å². The van der Waals surface area contributed by atoms with Crippen molar-refractivity contribution < 1.29 is 43.9 Å².